The molecule has 1 atom stereocenters. The van der Waals surface area contributed by atoms with Gasteiger partial charge >= 0.3 is 0 Å². The van der Waals surface area contributed by atoms with Crippen LogP contribution in [0.2, 0.25) is 0 Å². The Kier molecular flexibility index (Phi) is 6.67. The first kappa shape index (κ1) is 21.7. The molecule has 0 aliphatic rings. The van der Waals surface area contributed by atoms with E-state index in [1.54, 1.807) is 6.07 Å². The van der Waals surface area contributed by atoms with Crippen molar-refractivity contribution in [3.05, 3.63) is 69.8 Å². The third-order valence-electron chi connectivity index (χ3n) is 5.23. The van der Waals surface area contributed by atoms with Crippen LogP contribution in [-0.4, -0.2) is 29.5 Å². The lowest BCUT2D eigenvalue weighted by molar-refractivity contribution is -0.885. The molecule has 30 heavy (non-hydrogen) atoms. The summed E-state index contributed by atoms with van der Waals surface area (Å²) < 4.78 is 0. The number of benzene rings is 2. The molecule has 0 aliphatic carbocycles. The molecule has 0 bridgehead atoms. The number of carbonyl (C=O) groups is 1. The summed E-state index contributed by atoms with van der Waals surface area (Å²) in [7, 11) is 1.92. The zero-order valence-corrected chi connectivity index (χ0v) is 18.4. The fraction of sp³-hybridized carbons (Fsp3) is 0.375. The molecule has 0 fully saturated rings. The summed E-state index contributed by atoms with van der Waals surface area (Å²) in [5.41, 5.74) is 3.74. The van der Waals surface area contributed by atoms with Crippen molar-refractivity contribution in [2.75, 3.05) is 18.9 Å². The summed E-state index contributed by atoms with van der Waals surface area (Å²) in [5.74, 6) is 1.16. The Labute approximate surface area is 177 Å². The number of fused-ring (bicyclic) bond motifs is 1. The second-order valence-corrected chi connectivity index (χ2v) is 8.51. The van der Waals surface area contributed by atoms with Crippen LogP contribution in [0.25, 0.3) is 10.9 Å². The molecule has 1 unspecified atom stereocenters. The second kappa shape index (κ2) is 9.22. The lowest BCUT2D eigenvalue weighted by Crippen LogP contribution is -3.08. The highest BCUT2D eigenvalue weighted by atomic mass is 16.2. The topological polar surface area (TPSA) is 79.3 Å². The van der Waals surface area contributed by atoms with Crippen molar-refractivity contribution < 1.29 is 9.69 Å². The molecule has 0 spiro atoms. The zero-order valence-electron chi connectivity index (χ0n) is 18.4. The molecule has 3 rings (SSSR count). The average molecular weight is 408 g/mol. The molecule has 0 saturated heterocycles. The Hall–Kier alpha value is -2.99. The van der Waals surface area contributed by atoms with E-state index in [4.69, 9.17) is 0 Å². The van der Waals surface area contributed by atoms with Crippen molar-refractivity contribution in [3.63, 3.8) is 0 Å². The van der Waals surface area contributed by atoms with Gasteiger partial charge in [0, 0.05) is 5.69 Å². The summed E-state index contributed by atoms with van der Waals surface area (Å²) in [6, 6.07) is 13.5. The number of nitrogens with one attached hydrogen (secondary N) is 3. The molecule has 0 radical (unpaired) electrons. The third kappa shape index (κ3) is 4.94. The van der Waals surface area contributed by atoms with Gasteiger partial charge in [0.05, 0.1) is 18.0 Å². The molecule has 1 heterocycles. The first-order valence-corrected chi connectivity index (χ1v) is 10.5. The number of hydrogen-bond acceptors (Lipinski definition) is 3. The van der Waals surface area contributed by atoms with E-state index in [0.717, 1.165) is 21.7 Å². The van der Waals surface area contributed by atoms with E-state index in [-0.39, 0.29) is 18.0 Å². The van der Waals surface area contributed by atoms with Crippen molar-refractivity contribution in [3.8, 4) is 0 Å². The Morgan fingerprint density at radius 2 is 1.67 bits per heavy atom. The number of aromatic amines is 1. The maximum atomic E-state index is 12.8. The third-order valence-corrected chi connectivity index (χ3v) is 5.23. The van der Waals surface area contributed by atoms with Gasteiger partial charge in [-0.3, -0.25) is 9.59 Å². The van der Waals surface area contributed by atoms with Crippen molar-refractivity contribution in [2.45, 2.75) is 46.1 Å². The number of amides is 1. The minimum atomic E-state index is -0.153. The molecule has 158 valence electrons. The Balaban J connectivity index is 1.74. The van der Waals surface area contributed by atoms with E-state index in [1.807, 2.05) is 25.2 Å². The molecule has 6 heteroatoms. The van der Waals surface area contributed by atoms with Crippen molar-refractivity contribution in [1.29, 1.82) is 0 Å². The van der Waals surface area contributed by atoms with Gasteiger partial charge in [0.15, 0.2) is 12.4 Å². The van der Waals surface area contributed by atoms with Gasteiger partial charge in [-0.2, -0.15) is 0 Å². The second-order valence-electron chi connectivity index (χ2n) is 8.51. The van der Waals surface area contributed by atoms with Gasteiger partial charge in [-0.25, -0.2) is 4.98 Å². The normalized spacial score (nSPS) is 12.5. The quantitative estimate of drug-likeness (QED) is 0.563. The number of rotatable bonds is 7. The number of quaternary nitrogens is 1. The summed E-state index contributed by atoms with van der Waals surface area (Å²) in [6.45, 7) is 9.27. The van der Waals surface area contributed by atoms with Gasteiger partial charge in [0.25, 0.3) is 11.5 Å². The number of para-hydroxylation sites is 2. The molecule has 3 N–H and O–H groups in total. The van der Waals surface area contributed by atoms with E-state index in [9.17, 15) is 9.59 Å². The number of nitrogens with zero attached hydrogens (tertiary/aromatic N) is 1. The monoisotopic (exact) mass is 407 g/mol. The summed E-state index contributed by atoms with van der Waals surface area (Å²) >= 11 is 0. The van der Waals surface area contributed by atoms with Gasteiger partial charge in [-0.05, 0) is 35.1 Å². The van der Waals surface area contributed by atoms with E-state index in [1.165, 1.54) is 0 Å². The molecule has 0 aliphatic heterocycles. The van der Waals surface area contributed by atoms with Crippen LogP contribution in [0, 0.1) is 0 Å². The van der Waals surface area contributed by atoms with Crippen LogP contribution >= 0.6 is 0 Å². The van der Waals surface area contributed by atoms with Crippen LogP contribution in [0.3, 0.4) is 0 Å². The first-order valence-electron chi connectivity index (χ1n) is 10.5. The van der Waals surface area contributed by atoms with E-state index in [0.29, 0.717) is 35.1 Å². The van der Waals surface area contributed by atoms with Gasteiger partial charge in [0.2, 0.25) is 0 Å². The fourth-order valence-corrected chi connectivity index (χ4v) is 3.72. The molecule has 3 aromatic rings. The largest absolute Gasteiger partial charge is 0.323 e. The summed E-state index contributed by atoms with van der Waals surface area (Å²) in [5, 5.41) is 3.72. The van der Waals surface area contributed by atoms with Crippen molar-refractivity contribution in [2.24, 2.45) is 0 Å². The minimum absolute atomic E-state index is 0.0503. The van der Waals surface area contributed by atoms with E-state index < -0.39 is 0 Å². The van der Waals surface area contributed by atoms with Crippen molar-refractivity contribution in [1.82, 2.24) is 9.97 Å². The zero-order chi connectivity index (χ0) is 21.8. The SMILES string of the molecule is CC(C)c1cccc(C(C)C)c1NC(=O)C[NH+](C)Cc1nc2ccccc2c(=O)[nH]1. The van der Waals surface area contributed by atoms with Crippen LogP contribution in [-0.2, 0) is 11.3 Å². The van der Waals surface area contributed by atoms with Crippen LogP contribution in [0.4, 0.5) is 5.69 Å². The average Bonchev–Trinajstić information content (AvgIpc) is 2.67. The van der Waals surface area contributed by atoms with Gasteiger partial charge < -0.3 is 15.2 Å². The van der Waals surface area contributed by atoms with Crippen LogP contribution in [0.15, 0.2) is 47.3 Å². The Bertz CT molecular complexity index is 1080. The highest BCUT2D eigenvalue weighted by Gasteiger charge is 2.18. The number of carbonyl (C=O) groups excluding carboxylic acids is 1. The number of likely N-dealkylation sites (N-methyl/N-ethyl adjacent to an activating group) is 1. The number of H-pyrrole nitrogens is 1. The highest BCUT2D eigenvalue weighted by molar-refractivity contribution is 5.93. The first-order chi connectivity index (χ1) is 14.3. The maximum Gasteiger partial charge on any atom is 0.279 e. The Morgan fingerprint density at radius 1 is 1.03 bits per heavy atom. The number of anilines is 1. The predicted octanol–water partition coefficient (Wildman–Crippen LogP) is 2.82. The molecular weight excluding hydrogens is 376 g/mol. The molecule has 2 aromatic carbocycles. The highest BCUT2D eigenvalue weighted by Crippen LogP contribution is 2.32. The summed E-state index contributed by atoms with van der Waals surface area (Å²) in [4.78, 5) is 33.4. The standard InChI is InChI=1S/C24H30N4O2/c1-15(2)17-10-8-11-18(16(3)4)23(17)27-22(29)14-28(5)13-21-25-20-12-7-6-9-19(20)24(30)26-21/h6-12,15-16H,13-14H2,1-5H3,(H,27,29)(H,25,26,30)/p+1. The molecule has 6 nitrogen and oxygen atoms in total. The van der Waals surface area contributed by atoms with E-state index in [2.05, 4.69) is 61.2 Å². The molecule has 1 aromatic heterocycles. The maximum absolute atomic E-state index is 12.8. The van der Waals surface area contributed by atoms with Crippen LogP contribution < -0.4 is 15.8 Å². The van der Waals surface area contributed by atoms with Gasteiger partial charge in [-0.1, -0.05) is 58.0 Å². The molecule has 1 amide bonds. The van der Waals surface area contributed by atoms with Crippen molar-refractivity contribution >= 4 is 22.5 Å². The van der Waals surface area contributed by atoms with Gasteiger partial charge in [0.1, 0.15) is 6.54 Å². The number of aromatic nitrogens is 2. The minimum Gasteiger partial charge on any atom is -0.323 e. The fourth-order valence-electron chi connectivity index (χ4n) is 3.72. The lowest BCUT2D eigenvalue weighted by atomic mass is 9.92. The lowest BCUT2D eigenvalue weighted by Gasteiger charge is -2.21. The summed E-state index contributed by atoms with van der Waals surface area (Å²) in [6.07, 6.45) is 0. The Morgan fingerprint density at radius 3 is 2.30 bits per heavy atom. The molecular formula is C24H31N4O2+. The smallest absolute Gasteiger partial charge is 0.279 e. The number of hydrogen-bond donors (Lipinski definition) is 3. The van der Waals surface area contributed by atoms with Crippen LogP contribution in [0.5, 0.6) is 0 Å². The van der Waals surface area contributed by atoms with Gasteiger partial charge in [-0.15, -0.1) is 0 Å². The predicted molar refractivity (Wildman–Crippen MR) is 121 cm³/mol. The molecule has 0 saturated carbocycles. The van der Waals surface area contributed by atoms with Crippen LogP contribution in [0.1, 0.15) is 56.5 Å². The van der Waals surface area contributed by atoms with E-state index >= 15 is 0 Å².